The van der Waals surface area contributed by atoms with Gasteiger partial charge in [-0.25, -0.2) is 4.68 Å². The van der Waals surface area contributed by atoms with Crippen molar-refractivity contribution in [2.24, 2.45) is 0 Å². The summed E-state index contributed by atoms with van der Waals surface area (Å²) in [5, 5.41) is 4.86. The zero-order valence-electron chi connectivity index (χ0n) is 17.3. The van der Waals surface area contributed by atoms with Crippen LogP contribution in [0.25, 0.3) is 10.8 Å². The van der Waals surface area contributed by atoms with Crippen molar-refractivity contribution in [3.8, 4) is 5.75 Å². The molecule has 160 valence electrons. The van der Waals surface area contributed by atoms with E-state index >= 15 is 0 Å². The fourth-order valence-corrected chi connectivity index (χ4v) is 2.94. The number of hydrogen-bond acceptors (Lipinski definition) is 6. The first-order valence-corrected chi connectivity index (χ1v) is 9.69. The van der Waals surface area contributed by atoms with Crippen molar-refractivity contribution in [2.45, 2.75) is 33.4 Å². The third-order valence-electron chi connectivity index (χ3n) is 4.60. The summed E-state index contributed by atoms with van der Waals surface area (Å²) < 4.78 is 6.74. The van der Waals surface area contributed by atoms with E-state index < -0.39 is 17.9 Å². The third kappa shape index (κ3) is 4.77. The Morgan fingerprint density at radius 3 is 2.45 bits per heavy atom. The second kappa shape index (κ2) is 9.21. The number of nitrogens with one attached hydrogen (secondary N) is 2. The maximum absolute atomic E-state index is 12.7. The van der Waals surface area contributed by atoms with Crippen LogP contribution in [0.1, 0.15) is 41.6 Å². The average molecular weight is 422 g/mol. The van der Waals surface area contributed by atoms with Gasteiger partial charge in [0.2, 0.25) is 0 Å². The summed E-state index contributed by atoms with van der Waals surface area (Å²) in [5.74, 6) is -1.04. The van der Waals surface area contributed by atoms with E-state index in [0.29, 0.717) is 28.6 Å². The highest BCUT2D eigenvalue weighted by Crippen LogP contribution is 2.16. The van der Waals surface area contributed by atoms with Gasteiger partial charge in [0.05, 0.1) is 5.39 Å². The predicted octanol–water partition coefficient (Wildman–Crippen LogP) is 1.85. The normalized spacial score (nSPS) is 11.6. The van der Waals surface area contributed by atoms with Gasteiger partial charge in [0.1, 0.15) is 5.75 Å². The predicted molar refractivity (Wildman–Crippen MR) is 114 cm³/mol. The van der Waals surface area contributed by atoms with Gasteiger partial charge in [0.25, 0.3) is 17.4 Å². The number of Topliss-reactive ketones (excluding diaryl/α,β-unsaturated/α-hetero) is 1. The molecule has 0 aliphatic rings. The Balaban J connectivity index is 1.71. The van der Waals surface area contributed by atoms with Crippen molar-refractivity contribution >= 4 is 28.4 Å². The highest BCUT2D eigenvalue weighted by atomic mass is 16.5. The molecule has 0 aliphatic carbocycles. The fraction of sp³-hybridized carbons (Fsp3) is 0.227. The summed E-state index contributed by atoms with van der Waals surface area (Å²) in [6.07, 6.45) is -0.947. The lowest BCUT2D eigenvalue weighted by molar-refractivity contribution is -0.128. The van der Waals surface area contributed by atoms with Crippen LogP contribution >= 0.6 is 0 Å². The van der Waals surface area contributed by atoms with E-state index in [9.17, 15) is 19.2 Å². The molecule has 3 rings (SSSR count). The molecule has 0 radical (unpaired) electrons. The quantitative estimate of drug-likeness (QED) is 0.462. The molecule has 0 bridgehead atoms. The van der Waals surface area contributed by atoms with E-state index in [0.717, 1.165) is 0 Å². The summed E-state index contributed by atoms with van der Waals surface area (Å²) in [4.78, 5) is 48.9. The fourth-order valence-electron chi connectivity index (χ4n) is 2.94. The van der Waals surface area contributed by atoms with Gasteiger partial charge < -0.3 is 4.74 Å². The monoisotopic (exact) mass is 422 g/mol. The number of rotatable bonds is 6. The Kier molecular flexibility index (Phi) is 6.44. The molecular weight excluding hydrogens is 400 g/mol. The first-order chi connectivity index (χ1) is 14.8. The molecule has 1 aromatic heterocycles. The lowest BCUT2D eigenvalue weighted by atomic mass is 10.1. The van der Waals surface area contributed by atoms with Crippen LogP contribution in [-0.4, -0.2) is 33.5 Å². The van der Waals surface area contributed by atoms with E-state index in [1.807, 2.05) is 0 Å². The molecular formula is C22H22N4O5. The molecule has 0 spiro atoms. The number of hydrogen-bond donors (Lipinski definition) is 2. The number of amides is 2. The molecule has 3 aromatic rings. The molecule has 0 fully saturated rings. The molecule has 2 amide bonds. The van der Waals surface area contributed by atoms with Gasteiger partial charge in [0.15, 0.2) is 17.6 Å². The van der Waals surface area contributed by atoms with Crippen LogP contribution in [0.4, 0.5) is 0 Å². The van der Waals surface area contributed by atoms with Crippen molar-refractivity contribution in [3.05, 3.63) is 70.1 Å². The van der Waals surface area contributed by atoms with E-state index in [1.165, 1.54) is 24.6 Å². The number of aryl methyl sites for hydroxylation is 1. The number of benzene rings is 2. The van der Waals surface area contributed by atoms with Crippen LogP contribution < -0.4 is 21.1 Å². The highest BCUT2D eigenvalue weighted by Gasteiger charge is 2.19. The van der Waals surface area contributed by atoms with Crippen LogP contribution in [0, 0.1) is 0 Å². The van der Waals surface area contributed by atoms with Gasteiger partial charge in [-0.05, 0) is 39.0 Å². The van der Waals surface area contributed by atoms with Crippen molar-refractivity contribution in [2.75, 3.05) is 0 Å². The highest BCUT2D eigenvalue weighted by molar-refractivity contribution is 6.05. The summed E-state index contributed by atoms with van der Waals surface area (Å²) in [6, 6.07) is 13.1. The molecule has 9 nitrogen and oxygen atoms in total. The zero-order valence-corrected chi connectivity index (χ0v) is 17.3. The van der Waals surface area contributed by atoms with Crippen molar-refractivity contribution in [1.82, 2.24) is 20.6 Å². The van der Waals surface area contributed by atoms with Gasteiger partial charge in [-0.1, -0.05) is 30.3 Å². The van der Waals surface area contributed by atoms with E-state index in [2.05, 4.69) is 16.0 Å². The van der Waals surface area contributed by atoms with Crippen molar-refractivity contribution < 1.29 is 19.1 Å². The van der Waals surface area contributed by atoms with Crippen molar-refractivity contribution in [3.63, 3.8) is 0 Å². The Morgan fingerprint density at radius 2 is 1.77 bits per heavy atom. The van der Waals surface area contributed by atoms with Crippen LogP contribution in [0.2, 0.25) is 0 Å². The number of hydrazine groups is 1. The standard InChI is InChI=1S/C22H22N4O5/c1-4-26-22(30)18-11-6-5-10-17(18)19(25-26)21(29)24-23-20(28)14(3)31-16-9-7-8-15(12-16)13(2)27/h5-12,14H,4H2,1-3H3,(H,23,28)(H,24,29). The van der Waals surface area contributed by atoms with Gasteiger partial charge >= 0.3 is 0 Å². The minimum atomic E-state index is -0.947. The summed E-state index contributed by atoms with van der Waals surface area (Å²) in [6.45, 7) is 4.98. The molecule has 1 atom stereocenters. The minimum absolute atomic E-state index is 0.0140. The minimum Gasteiger partial charge on any atom is -0.481 e. The Labute approximate surface area is 178 Å². The van der Waals surface area contributed by atoms with Gasteiger partial charge in [-0.15, -0.1) is 0 Å². The van der Waals surface area contributed by atoms with Crippen molar-refractivity contribution in [1.29, 1.82) is 0 Å². The van der Waals surface area contributed by atoms with E-state index in [4.69, 9.17) is 4.74 Å². The number of ketones is 1. The smallest absolute Gasteiger partial charge is 0.290 e. The number of ether oxygens (including phenoxy) is 1. The van der Waals surface area contributed by atoms with Gasteiger partial charge in [-0.2, -0.15) is 5.10 Å². The zero-order chi connectivity index (χ0) is 22.5. The Bertz CT molecular complexity index is 1220. The molecule has 0 saturated heterocycles. The molecule has 9 heteroatoms. The molecule has 0 saturated carbocycles. The van der Waals surface area contributed by atoms with Crippen LogP contribution in [-0.2, 0) is 11.3 Å². The largest absolute Gasteiger partial charge is 0.481 e. The van der Waals surface area contributed by atoms with E-state index in [1.54, 1.807) is 49.4 Å². The molecule has 0 aliphatic heterocycles. The molecule has 2 aromatic carbocycles. The van der Waals surface area contributed by atoms with Gasteiger partial charge in [-0.3, -0.25) is 30.0 Å². The number of fused-ring (bicyclic) bond motifs is 1. The van der Waals surface area contributed by atoms with Gasteiger partial charge in [0, 0.05) is 17.5 Å². The van der Waals surface area contributed by atoms with E-state index in [-0.39, 0.29) is 17.0 Å². The second-order valence-electron chi connectivity index (χ2n) is 6.80. The summed E-state index contributed by atoms with van der Waals surface area (Å²) >= 11 is 0. The number of aromatic nitrogens is 2. The summed E-state index contributed by atoms with van der Waals surface area (Å²) in [5.41, 5.74) is 4.78. The number of carbonyl (C=O) groups excluding carboxylic acids is 3. The van der Waals surface area contributed by atoms with Crippen LogP contribution in [0.5, 0.6) is 5.75 Å². The topological polar surface area (TPSA) is 119 Å². The lowest BCUT2D eigenvalue weighted by Crippen LogP contribution is -2.47. The maximum Gasteiger partial charge on any atom is 0.290 e. The lowest BCUT2D eigenvalue weighted by Gasteiger charge is -2.16. The average Bonchev–Trinajstić information content (AvgIpc) is 2.77. The maximum atomic E-state index is 12.7. The number of carbonyl (C=O) groups is 3. The summed E-state index contributed by atoms with van der Waals surface area (Å²) in [7, 11) is 0. The van der Waals surface area contributed by atoms with Crippen LogP contribution in [0.15, 0.2) is 53.3 Å². The first kappa shape index (κ1) is 21.7. The van der Waals surface area contributed by atoms with Crippen LogP contribution in [0.3, 0.4) is 0 Å². The SMILES string of the molecule is CCn1nc(C(=O)NNC(=O)C(C)Oc2cccc(C(C)=O)c2)c2ccccc2c1=O. The third-order valence-corrected chi connectivity index (χ3v) is 4.60. The molecule has 1 heterocycles. The molecule has 31 heavy (non-hydrogen) atoms. The number of nitrogens with zero attached hydrogens (tertiary/aromatic N) is 2. The molecule has 1 unspecified atom stereocenters. The Morgan fingerprint density at radius 1 is 1.06 bits per heavy atom. The molecule has 2 N–H and O–H groups in total. The first-order valence-electron chi connectivity index (χ1n) is 9.69. The second-order valence-corrected chi connectivity index (χ2v) is 6.80. The Hall–Kier alpha value is -4.01.